The monoisotopic (exact) mass is 288 g/mol. The number of benzene rings is 1. The summed E-state index contributed by atoms with van der Waals surface area (Å²) < 4.78 is 0. The van der Waals surface area contributed by atoms with Gasteiger partial charge in [0.15, 0.2) is 0 Å². The van der Waals surface area contributed by atoms with Crippen molar-refractivity contribution in [2.75, 3.05) is 0 Å². The Morgan fingerprint density at radius 2 is 1.65 bits per heavy atom. The molecule has 3 heteroatoms. The molecule has 0 atom stereocenters. The molecule has 4 aliphatic rings. The molecule has 1 N–H and O–H groups in total. The Labute approximate surface area is 125 Å². The molecule has 20 heavy (non-hydrogen) atoms. The summed E-state index contributed by atoms with van der Waals surface area (Å²) in [5.41, 5.74) is 1.84. The van der Waals surface area contributed by atoms with Gasteiger partial charge in [-0.15, -0.1) is 12.6 Å². The van der Waals surface area contributed by atoms with Crippen LogP contribution >= 0.6 is 12.6 Å². The van der Waals surface area contributed by atoms with Crippen LogP contribution in [-0.4, -0.2) is 11.1 Å². The second kappa shape index (κ2) is 4.27. The first-order valence-corrected chi connectivity index (χ1v) is 8.07. The third-order valence-electron chi connectivity index (χ3n) is 5.85. The molecular formula is C17H20O2S. The van der Waals surface area contributed by atoms with Gasteiger partial charge in [-0.3, -0.25) is 0 Å². The van der Waals surface area contributed by atoms with Crippen LogP contribution in [-0.2, 0) is 5.41 Å². The van der Waals surface area contributed by atoms with Crippen LogP contribution < -0.4 is 0 Å². The van der Waals surface area contributed by atoms with Gasteiger partial charge in [-0.25, -0.2) is 4.79 Å². The lowest BCUT2D eigenvalue weighted by molar-refractivity contribution is -0.00640. The average molecular weight is 288 g/mol. The molecule has 0 amide bonds. The Hall–Kier alpha value is -0.960. The van der Waals surface area contributed by atoms with Crippen molar-refractivity contribution in [3.05, 3.63) is 29.3 Å². The molecule has 2 nitrogen and oxygen atoms in total. The van der Waals surface area contributed by atoms with Crippen molar-refractivity contribution in [2.45, 2.75) is 48.8 Å². The molecule has 0 aliphatic heterocycles. The number of thiol groups is 1. The van der Waals surface area contributed by atoms with Crippen molar-refractivity contribution in [1.82, 2.24) is 0 Å². The zero-order chi connectivity index (χ0) is 13.9. The summed E-state index contributed by atoms with van der Waals surface area (Å²) in [6.45, 7) is 0. The molecule has 0 spiro atoms. The highest BCUT2D eigenvalue weighted by molar-refractivity contribution is 7.80. The van der Waals surface area contributed by atoms with Crippen LogP contribution in [0.1, 0.15) is 54.4 Å². The predicted molar refractivity (Wildman–Crippen MR) is 80.5 cm³/mol. The van der Waals surface area contributed by atoms with Crippen LogP contribution in [0.5, 0.6) is 0 Å². The highest BCUT2D eigenvalue weighted by Gasteiger charge is 2.52. The molecule has 0 aromatic heterocycles. The molecule has 4 aliphatic carbocycles. The number of carboxylic acid groups (broad SMARTS) is 1. The second-order valence-corrected chi connectivity index (χ2v) is 7.72. The van der Waals surface area contributed by atoms with Crippen molar-refractivity contribution in [3.63, 3.8) is 0 Å². The van der Waals surface area contributed by atoms with E-state index in [2.05, 4.69) is 12.6 Å². The van der Waals surface area contributed by atoms with Crippen LogP contribution in [0.2, 0.25) is 0 Å². The lowest BCUT2D eigenvalue weighted by Crippen LogP contribution is -2.48. The van der Waals surface area contributed by atoms with E-state index in [0.717, 1.165) is 22.6 Å². The van der Waals surface area contributed by atoms with Gasteiger partial charge in [0.2, 0.25) is 0 Å². The highest BCUT2D eigenvalue weighted by Crippen LogP contribution is 2.61. The molecule has 0 unspecified atom stereocenters. The maximum atomic E-state index is 11.3. The number of hydrogen-bond donors (Lipinski definition) is 2. The first kappa shape index (κ1) is 12.8. The summed E-state index contributed by atoms with van der Waals surface area (Å²) in [6.07, 6.45) is 7.94. The summed E-state index contributed by atoms with van der Waals surface area (Å²) in [6, 6.07) is 5.45. The maximum Gasteiger partial charge on any atom is 0.335 e. The first-order chi connectivity index (χ1) is 9.56. The van der Waals surface area contributed by atoms with E-state index in [0.29, 0.717) is 5.56 Å². The molecular weight excluding hydrogens is 268 g/mol. The highest BCUT2D eigenvalue weighted by atomic mass is 32.1. The lowest BCUT2D eigenvalue weighted by Gasteiger charge is -2.57. The first-order valence-electron chi connectivity index (χ1n) is 7.62. The van der Waals surface area contributed by atoms with Gasteiger partial charge < -0.3 is 5.11 Å². The molecule has 0 heterocycles. The quantitative estimate of drug-likeness (QED) is 0.803. The van der Waals surface area contributed by atoms with E-state index in [-0.39, 0.29) is 5.41 Å². The number of aromatic carboxylic acids is 1. The standard InChI is InChI=1S/C17H20O2S/c18-16(19)13-1-2-15(20)14(6-13)17-7-10-3-11(8-17)5-12(4-10)9-17/h1-2,6,10-12,20H,3-5,7-9H2,(H,18,19). The number of carboxylic acids is 1. The van der Waals surface area contributed by atoms with Gasteiger partial charge in [-0.1, -0.05) is 0 Å². The maximum absolute atomic E-state index is 11.3. The SMILES string of the molecule is O=C(O)c1ccc(S)c(C23CC4CC(CC(C4)C2)C3)c1. The molecule has 4 bridgehead atoms. The van der Waals surface area contributed by atoms with Crippen LogP contribution in [0.25, 0.3) is 0 Å². The van der Waals surface area contributed by atoms with Gasteiger partial charge in [0.25, 0.3) is 0 Å². The molecule has 106 valence electrons. The number of carbonyl (C=O) groups is 1. The van der Waals surface area contributed by atoms with Gasteiger partial charge in [-0.05, 0) is 85.5 Å². The van der Waals surface area contributed by atoms with Crippen molar-refractivity contribution in [2.24, 2.45) is 17.8 Å². The van der Waals surface area contributed by atoms with E-state index >= 15 is 0 Å². The topological polar surface area (TPSA) is 37.3 Å². The van der Waals surface area contributed by atoms with Crippen molar-refractivity contribution < 1.29 is 9.90 Å². The molecule has 0 saturated heterocycles. The minimum absolute atomic E-state index is 0.220. The van der Waals surface area contributed by atoms with Crippen molar-refractivity contribution >= 4 is 18.6 Å². The molecule has 0 radical (unpaired) electrons. The predicted octanol–water partition coefficient (Wildman–Crippen LogP) is 4.14. The smallest absolute Gasteiger partial charge is 0.335 e. The van der Waals surface area contributed by atoms with Crippen molar-refractivity contribution in [3.8, 4) is 0 Å². The second-order valence-electron chi connectivity index (χ2n) is 7.23. The Balaban J connectivity index is 1.80. The number of rotatable bonds is 2. The van der Waals surface area contributed by atoms with E-state index in [1.807, 2.05) is 12.1 Å². The summed E-state index contributed by atoms with van der Waals surface area (Å²) in [7, 11) is 0. The number of hydrogen-bond acceptors (Lipinski definition) is 2. The largest absolute Gasteiger partial charge is 0.478 e. The van der Waals surface area contributed by atoms with E-state index < -0.39 is 5.97 Å². The van der Waals surface area contributed by atoms with Gasteiger partial charge in [0.1, 0.15) is 0 Å². The fourth-order valence-electron chi connectivity index (χ4n) is 5.53. The third-order valence-corrected chi connectivity index (χ3v) is 6.24. The Bertz CT molecular complexity index is 543. The molecule has 1 aromatic carbocycles. The molecule has 4 saturated carbocycles. The molecule has 4 fully saturated rings. The summed E-state index contributed by atoms with van der Waals surface area (Å²) in [5.74, 6) is 1.76. The normalized spacial score (nSPS) is 38.1. The zero-order valence-electron chi connectivity index (χ0n) is 11.5. The summed E-state index contributed by atoms with van der Waals surface area (Å²) in [4.78, 5) is 12.2. The van der Waals surface area contributed by atoms with Crippen LogP contribution in [0.15, 0.2) is 23.1 Å². The van der Waals surface area contributed by atoms with Gasteiger partial charge >= 0.3 is 5.97 Å². The fourth-order valence-corrected chi connectivity index (χ4v) is 5.91. The van der Waals surface area contributed by atoms with Gasteiger partial charge in [0, 0.05) is 4.90 Å². The minimum Gasteiger partial charge on any atom is -0.478 e. The molecule has 5 rings (SSSR count). The van der Waals surface area contributed by atoms with Gasteiger partial charge in [-0.2, -0.15) is 0 Å². The Kier molecular flexibility index (Phi) is 2.72. The lowest BCUT2D eigenvalue weighted by atomic mass is 9.48. The fraction of sp³-hybridized carbons (Fsp3) is 0.588. The summed E-state index contributed by atoms with van der Waals surface area (Å²) in [5, 5.41) is 9.26. The minimum atomic E-state index is -0.829. The average Bonchev–Trinajstić information content (AvgIpc) is 2.37. The molecule has 1 aromatic rings. The van der Waals surface area contributed by atoms with Crippen LogP contribution in [0.3, 0.4) is 0 Å². The van der Waals surface area contributed by atoms with E-state index in [9.17, 15) is 9.90 Å². The van der Waals surface area contributed by atoms with E-state index in [1.54, 1.807) is 6.07 Å². The summed E-state index contributed by atoms with van der Waals surface area (Å²) >= 11 is 4.64. The van der Waals surface area contributed by atoms with Crippen LogP contribution in [0, 0.1) is 17.8 Å². The zero-order valence-corrected chi connectivity index (χ0v) is 12.4. The van der Waals surface area contributed by atoms with E-state index in [4.69, 9.17) is 0 Å². The van der Waals surface area contributed by atoms with E-state index in [1.165, 1.54) is 44.1 Å². The van der Waals surface area contributed by atoms with Crippen molar-refractivity contribution in [1.29, 1.82) is 0 Å². The third kappa shape index (κ3) is 1.82. The van der Waals surface area contributed by atoms with Crippen LogP contribution in [0.4, 0.5) is 0 Å². The Morgan fingerprint density at radius 1 is 1.10 bits per heavy atom. The Morgan fingerprint density at radius 3 is 2.15 bits per heavy atom. The van der Waals surface area contributed by atoms with Gasteiger partial charge in [0.05, 0.1) is 5.56 Å².